The first-order valence-corrected chi connectivity index (χ1v) is 11.3. The van der Waals surface area contributed by atoms with E-state index in [2.05, 4.69) is 15.4 Å². The number of amides is 1. The van der Waals surface area contributed by atoms with Crippen molar-refractivity contribution in [2.75, 3.05) is 14.2 Å². The molecule has 1 aromatic carbocycles. The highest BCUT2D eigenvalue weighted by molar-refractivity contribution is 6.07. The summed E-state index contributed by atoms with van der Waals surface area (Å²) in [5, 5.41) is 8.57. The predicted octanol–water partition coefficient (Wildman–Crippen LogP) is 4.51. The summed E-state index contributed by atoms with van der Waals surface area (Å²) in [6, 6.07) is 13.0. The van der Waals surface area contributed by atoms with E-state index in [4.69, 9.17) is 14.5 Å². The SMILES string of the molecule is COc1ccc(C(C)NC(=O)c2cc(C3CC3)nc3c2c(C)nn3-c2ccccn2)cc1OC. The Morgan fingerprint density at radius 1 is 1.12 bits per heavy atom. The van der Waals surface area contributed by atoms with Gasteiger partial charge < -0.3 is 14.8 Å². The quantitative estimate of drug-likeness (QED) is 0.439. The van der Waals surface area contributed by atoms with E-state index >= 15 is 0 Å². The van der Waals surface area contributed by atoms with Crippen LogP contribution in [-0.2, 0) is 0 Å². The molecule has 1 fully saturated rings. The number of nitrogens with one attached hydrogen (secondary N) is 1. The lowest BCUT2D eigenvalue weighted by Gasteiger charge is -2.17. The number of methoxy groups -OCH3 is 2. The van der Waals surface area contributed by atoms with Gasteiger partial charge in [-0.3, -0.25) is 4.79 Å². The number of carbonyl (C=O) groups excluding carboxylic acids is 1. The summed E-state index contributed by atoms with van der Waals surface area (Å²) in [6.45, 7) is 3.85. The van der Waals surface area contributed by atoms with Crippen LogP contribution in [0.1, 0.15) is 59.0 Å². The summed E-state index contributed by atoms with van der Waals surface area (Å²) in [7, 11) is 3.20. The van der Waals surface area contributed by atoms with Crippen molar-refractivity contribution in [3.8, 4) is 17.3 Å². The molecule has 3 heterocycles. The number of pyridine rings is 2. The number of benzene rings is 1. The zero-order valence-corrected chi connectivity index (χ0v) is 19.7. The number of nitrogens with zero attached hydrogens (tertiary/aromatic N) is 4. The molecule has 4 aromatic rings. The topological polar surface area (TPSA) is 91.2 Å². The van der Waals surface area contributed by atoms with E-state index in [0.717, 1.165) is 35.2 Å². The summed E-state index contributed by atoms with van der Waals surface area (Å²) < 4.78 is 12.5. The van der Waals surface area contributed by atoms with Gasteiger partial charge in [0.2, 0.25) is 0 Å². The average Bonchev–Trinajstić information content (AvgIpc) is 3.67. The monoisotopic (exact) mass is 457 g/mol. The summed E-state index contributed by atoms with van der Waals surface area (Å²) in [4.78, 5) is 22.9. The Morgan fingerprint density at radius 3 is 2.59 bits per heavy atom. The second-order valence-electron chi connectivity index (χ2n) is 8.56. The van der Waals surface area contributed by atoms with Crippen molar-refractivity contribution in [1.82, 2.24) is 25.1 Å². The van der Waals surface area contributed by atoms with E-state index in [-0.39, 0.29) is 11.9 Å². The summed E-state index contributed by atoms with van der Waals surface area (Å²) in [5.41, 5.74) is 3.82. The Labute approximate surface area is 197 Å². The molecular weight excluding hydrogens is 430 g/mol. The first kappa shape index (κ1) is 21.9. The van der Waals surface area contributed by atoms with E-state index in [9.17, 15) is 4.79 Å². The first-order chi connectivity index (χ1) is 16.5. The zero-order chi connectivity index (χ0) is 23.8. The third-order valence-corrected chi connectivity index (χ3v) is 6.19. The standard InChI is InChI=1S/C26H27N5O3/c1-15(18-10-11-21(33-3)22(13-18)34-4)28-26(32)19-14-20(17-8-9-17)29-25-24(19)16(2)30-31(25)23-7-5-6-12-27-23/h5-7,10-15,17H,8-9H2,1-4H3,(H,28,32). The number of hydrogen-bond acceptors (Lipinski definition) is 6. The fraction of sp³-hybridized carbons (Fsp3) is 0.308. The van der Waals surface area contributed by atoms with Gasteiger partial charge in [0.25, 0.3) is 5.91 Å². The van der Waals surface area contributed by atoms with Crippen molar-refractivity contribution < 1.29 is 14.3 Å². The van der Waals surface area contributed by atoms with Gasteiger partial charge in [0.1, 0.15) is 0 Å². The van der Waals surface area contributed by atoms with Crippen LogP contribution >= 0.6 is 0 Å². The highest BCUT2D eigenvalue weighted by atomic mass is 16.5. The highest BCUT2D eigenvalue weighted by Crippen LogP contribution is 2.41. The molecule has 1 unspecified atom stereocenters. The Hall–Kier alpha value is -3.94. The number of aromatic nitrogens is 4. The van der Waals surface area contributed by atoms with E-state index in [1.54, 1.807) is 25.1 Å². The minimum absolute atomic E-state index is 0.166. The van der Waals surface area contributed by atoms with Gasteiger partial charge in [-0.2, -0.15) is 9.78 Å². The normalized spacial score (nSPS) is 14.1. The second-order valence-corrected chi connectivity index (χ2v) is 8.56. The molecule has 0 aliphatic heterocycles. The number of fused-ring (bicyclic) bond motifs is 1. The molecule has 0 bridgehead atoms. The van der Waals surface area contributed by atoms with Gasteiger partial charge >= 0.3 is 0 Å². The smallest absolute Gasteiger partial charge is 0.252 e. The predicted molar refractivity (Wildman–Crippen MR) is 129 cm³/mol. The van der Waals surface area contributed by atoms with Crippen LogP contribution in [0.2, 0.25) is 0 Å². The molecule has 1 aliphatic carbocycles. The van der Waals surface area contributed by atoms with Crippen LogP contribution in [0.3, 0.4) is 0 Å². The molecule has 1 N–H and O–H groups in total. The molecule has 0 saturated heterocycles. The van der Waals surface area contributed by atoms with Gasteiger partial charge in [0.05, 0.1) is 36.9 Å². The Balaban J connectivity index is 1.54. The van der Waals surface area contributed by atoms with Crippen molar-refractivity contribution >= 4 is 16.9 Å². The van der Waals surface area contributed by atoms with Crippen LogP contribution in [-0.4, -0.2) is 39.9 Å². The summed E-state index contributed by atoms with van der Waals surface area (Å²) >= 11 is 0. The Kier molecular flexibility index (Phi) is 5.65. The van der Waals surface area contributed by atoms with Crippen LogP contribution in [0.25, 0.3) is 16.9 Å². The van der Waals surface area contributed by atoms with Gasteiger partial charge in [-0.15, -0.1) is 0 Å². The van der Waals surface area contributed by atoms with Crippen LogP contribution in [0, 0.1) is 6.92 Å². The van der Waals surface area contributed by atoms with Crippen molar-refractivity contribution in [2.24, 2.45) is 0 Å². The lowest BCUT2D eigenvalue weighted by Crippen LogP contribution is -2.27. The molecular formula is C26H27N5O3. The van der Waals surface area contributed by atoms with Crippen molar-refractivity contribution in [2.45, 2.75) is 38.6 Å². The van der Waals surface area contributed by atoms with Crippen LogP contribution in [0.15, 0.2) is 48.7 Å². The minimum Gasteiger partial charge on any atom is -0.493 e. The van der Waals surface area contributed by atoms with Crippen LogP contribution < -0.4 is 14.8 Å². The number of rotatable bonds is 7. The Bertz CT molecular complexity index is 1360. The lowest BCUT2D eigenvalue weighted by atomic mass is 10.0. The molecule has 1 atom stereocenters. The third kappa shape index (κ3) is 3.96. The fourth-order valence-corrected chi connectivity index (χ4v) is 4.19. The molecule has 1 saturated carbocycles. The molecule has 0 spiro atoms. The molecule has 0 radical (unpaired) electrons. The molecule has 8 nitrogen and oxygen atoms in total. The van der Waals surface area contributed by atoms with E-state index in [0.29, 0.717) is 34.4 Å². The minimum atomic E-state index is -0.244. The van der Waals surface area contributed by atoms with Crippen molar-refractivity contribution in [1.29, 1.82) is 0 Å². The molecule has 8 heteroatoms. The number of hydrogen-bond donors (Lipinski definition) is 1. The molecule has 1 aliphatic rings. The van der Waals surface area contributed by atoms with Gasteiger partial charge in [-0.25, -0.2) is 9.97 Å². The summed E-state index contributed by atoms with van der Waals surface area (Å²) in [6.07, 6.45) is 3.89. The fourth-order valence-electron chi connectivity index (χ4n) is 4.19. The van der Waals surface area contributed by atoms with E-state index in [1.807, 2.05) is 56.3 Å². The number of carbonyl (C=O) groups is 1. The van der Waals surface area contributed by atoms with Crippen molar-refractivity contribution in [3.05, 3.63) is 71.2 Å². The van der Waals surface area contributed by atoms with E-state index < -0.39 is 0 Å². The molecule has 174 valence electrons. The van der Waals surface area contributed by atoms with Crippen LogP contribution in [0.4, 0.5) is 0 Å². The third-order valence-electron chi connectivity index (χ3n) is 6.19. The molecule has 5 rings (SSSR count). The zero-order valence-electron chi connectivity index (χ0n) is 19.7. The highest BCUT2D eigenvalue weighted by Gasteiger charge is 2.29. The van der Waals surface area contributed by atoms with Gasteiger partial charge in [-0.05, 0) is 62.6 Å². The number of ether oxygens (including phenoxy) is 2. The maximum absolute atomic E-state index is 13.6. The van der Waals surface area contributed by atoms with Gasteiger partial charge in [0, 0.05) is 17.8 Å². The molecule has 34 heavy (non-hydrogen) atoms. The summed E-state index contributed by atoms with van der Waals surface area (Å²) in [5.74, 6) is 2.15. The van der Waals surface area contributed by atoms with Crippen molar-refractivity contribution in [3.63, 3.8) is 0 Å². The van der Waals surface area contributed by atoms with Gasteiger partial charge in [-0.1, -0.05) is 12.1 Å². The maximum Gasteiger partial charge on any atom is 0.252 e. The van der Waals surface area contributed by atoms with Crippen LogP contribution in [0.5, 0.6) is 11.5 Å². The molecule has 3 aromatic heterocycles. The largest absolute Gasteiger partial charge is 0.493 e. The molecule has 1 amide bonds. The van der Waals surface area contributed by atoms with Gasteiger partial charge in [0.15, 0.2) is 23.0 Å². The Morgan fingerprint density at radius 2 is 1.91 bits per heavy atom. The maximum atomic E-state index is 13.6. The average molecular weight is 458 g/mol. The number of aryl methyl sites for hydroxylation is 1. The van der Waals surface area contributed by atoms with E-state index in [1.165, 1.54) is 0 Å². The second kappa shape index (κ2) is 8.78. The lowest BCUT2D eigenvalue weighted by molar-refractivity contribution is 0.0941. The first-order valence-electron chi connectivity index (χ1n) is 11.3.